The second kappa shape index (κ2) is 3.46. The number of aromatic amines is 1. The molecule has 3 heteroatoms. The summed E-state index contributed by atoms with van der Waals surface area (Å²) in [6, 6.07) is 8.21. The predicted octanol–water partition coefficient (Wildman–Crippen LogP) is 3.35. The first-order valence-electron chi connectivity index (χ1n) is 4.46. The van der Waals surface area contributed by atoms with E-state index in [1.54, 1.807) is 0 Å². The molecule has 0 saturated carbocycles. The van der Waals surface area contributed by atoms with Gasteiger partial charge in [0.25, 0.3) is 0 Å². The summed E-state index contributed by atoms with van der Waals surface area (Å²) in [5, 5.41) is 0.444. The minimum Gasteiger partial charge on any atom is -0.332 e. The molecule has 0 aliphatic carbocycles. The van der Waals surface area contributed by atoms with Crippen LogP contribution in [-0.4, -0.2) is 9.97 Å². The van der Waals surface area contributed by atoms with Crippen LogP contribution in [0.4, 0.5) is 0 Å². The minimum atomic E-state index is 0.444. The SMILES string of the molecule is Cc1cccc(-c2nc(Cl)[nH]c2C)c1. The number of H-pyrrole nitrogens is 1. The summed E-state index contributed by atoms with van der Waals surface area (Å²) >= 11 is 5.79. The Bertz CT molecular complexity index is 460. The van der Waals surface area contributed by atoms with E-state index in [1.165, 1.54) is 5.56 Å². The van der Waals surface area contributed by atoms with Crippen LogP contribution in [0.1, 0.15) is 11.3 Å². The summed E-state index contributed by atoms with van der Waals surface area (Å²) < 4.78 is 0. The van der Waals surface area contributed by atoms with Crippen molar-refractivity contribution in [3.05, 3.63) is 40.8 Å². The Balaban J connectivity index is 2.54. The zero-order valence-corrected chi connectivity index (χ0v) is 8.89. The Labute approximate surface area is 88.0 Å². The first kappa shape index (κ1) is 9.28. The molecule has 2 aromatic rings. The minimum absolute atomic E-state index is 0.444. The van der Waals surface area contributed by atoms with Crippen LogP contribution >= 0.6 is 11.6 Å². The normalized spacial score (nSPS) is 10.5. The first-order chi connectivity index (χ1) is 6.66. The average molecular weight is 207 g/mol. The van der Waals surface area contributed by atoms with E-state index in [2.05, 4.69) is 29.0 Å². The molecule has 14 heavy (non-hydrogen) atoms. The van der Waals surface area contributed by atoms with E-state index in [-0.39, 0.29) is 0 Å². The highest BCUT2D eigenvalue weighted by atomic mass is 35.5. The third kappa shape index (κ3) is 1.66. The van der Waals surface area contributed by atoms with E-state index in [9.17, 15) is 0 Å². The van der Waals surface area contributed by atoms with Crippen LogP contribution in [0.2, 0.25) is 5.28 Å². The van der Waals surface area contributed by atoms with Gasteiger partial charge in [-0.25, -0.2) is 4.98 Å². The maximum atomic E-state index is 5.79. The quantitative estimate of drug-likeness (QED) is 0.762. The van der Waals surface area contributed by atoms with Gasteiger partial charge in [0.05, 0.1) is 5.69 Å². The van der Waals surface area contributed by atoms with E-state index in [1.807, 2.05) is 19.1 Å². The molecule has 0 unspecified atom stereocenters. The topological polar surface area (TPSA) is 28.7 Å². The van der Waals surface area contributed by atoms with Crippen molar-refractivity contribution in [2.45, 2.75) is 13.8 Å². The lowest BCUT2D eigenvalue weighted by Gasteiger charge is -1.99. The van der Waals surface area contributed by atoms with Gasteiger partial charge in [-0.15, -0.1) is 0 Å². The molecule has 0 aliphatic heterocycles. The van der Waals surface area contributed by atoms with Crippen molar-refractivity contribution in [3.63, 3.8) is 0 Å². The van der Waals surface area contributed by atoms with Crippen molar-refractivity contribution >= 4 is 11.6 Å². The van der Waals surface area contributed by atoms with Crippen LogP contribution in [-0.2, 0) is 0 Å². The molecule has 1 aromatic heterocycles. The van der Waals surface area contributed by atoms with Crippen molar-refractivity contribution in [3.8, 4) is 11.3 Å². The summed E-state index contributed by atoms with van der Waals surface area (Å²) in [5.74, 6) is 0. The molecular weight excluding hydrogens is 196 g/mol. The van der Waals surface area contributed by atoms with Crippen LogP contribution in [0.3, 0.4) is 0 Å². The molecule has 0 amide bonds. The van der Waals surface area contributed by atoms with Gasteiger partial charge in [-0.1, -0.05) is 23.8 Å². The van der Waals surface area contributed by atoms with Crippen molar-refractivity contribution in [2.75, 3.05) is 0 Å². The van der Waals surface area contributed by atoms with Crippen LogP contribution in [0.5, 0.6) is 0 Å². The number of hydrogen-bond donors (Lipinski definition) is 1. The van der Waals surface area contributed by atoms with Gasteiger partial charge in [0.15, 0.2) is 0 Å². The fraction of sp³-hybridized carbons (Fsp3) is 0.182. The third-order valence-electron chi connectivity index (χ3n) is 2.15. The second-order valence-electron chi connectivity index (χ2n) is 3.37. The molecular formula is C11H11ClN2. The number of imidazole rings is 1. The van der Waals surface area contributed by atoms with Crippen LogP contribution < -0.4 is 0 Å². The number of rotatable bonds is 1. The lowest BCUT2D eigenvalue weighted by Crippen LogP contribution is -1.82. The summed E-state index contributed by atoms with van der Waals surface area (Å²) in [4.78, 5) is 7.21. The average Bonchev–Trinajstić information content (AvgIpc) is 2.45. The van der Waals surface area contributed by atoms with Gasteiger partial charge in [-0.2, -0.15) is 0 Å². The molecule has 72 valence electrons. The molecule has 2 nitrogen and oxygen atoms in total. The summed E-state index contributed by atoms with van der Waals surface area (Å²) in [6.07, 6.45) is 0. The number of nitrogens with one attached hydrogen (secondary N) is 1. The van der Waals surface area contributed by atoms with Crippen molar-refractivity contribution in [1.29, 1.82) is 0 Å². The number of aryl methyl sites for hydroxylation is 2. The number of hydrogen-bond acceptors (Lipinski definition) is 1. The second-order valence-corrected chi connectivity index (χ2v) is 3.73. The van der Waals surface area contributed by atoms with Gasteiger partial charge in [-0.05, 0) is 31.5 Å². The standard InChI is InChI=1S/C11H11ClN2/c1-7-4-3-5-9(6-7)10-8(2)13-11(12)14-10/h3-6H,1-2H3,(H,13,14). The zero-order chi connectivity index (χ0) is 10.1. The van der Waals surface area contributed by atoms with E-state index >= 15 is 0 Å². The van der Waals surface area contributed by atoms with Gasteiger partial charge in [0.1, 0.15) is 0 Å². The van der Waals surface area contributed by atoms with Gasteiger partial charge < -0.3 is 4.98 Å². The van der Waals surface area contributed by atoms with Gasteiger partial charge >= 0.3 is 0 Å². The number of aromatic nitrogens is 2. The van der Waals surface area contributed by atoms with Crippen molar-refractivity contribution in [1.82, 2.24) is 9.97 Å². The zero-order valence-electron chi connectivity index (χ0n) is 8.13. The van der Waals surface area contributed by atoms with Crippen LogP contribution in [0.25, 0.3) is 11.3 Å². The fourth-order valence-corrected chi connectivity index (χ4v) is 1.72. The maximum Gasteiger partial charge on any atom is 0.200 e. The fourth-order valence-electron chi connectivity index (χ4n) is 1.50. The van der Waals surface area contributed by atoms with Crippen LogP contribution in [0.15, 0.2) is 24.3 Å². The van der Waals surface area contributed by atoms with Crippen molar-refractivity contribution < 1.29 is 0 Å². The highest BCUT2D eigenvalue weighted by Gasteiger charge is 2.06. The van der Waals surface area contributed by atoms with Crippen molar-refractivity contribution in [2.24, 2.45) is 0 Å². The number of nitrogens with zero attached hydrogens (tertiary/aromatic N) is 1. The Kier molecular flexibility index (Phi) is 2.30. The Morgan fingerprint density at radius 1 is 1.29 bits per heavy atom. The number of benzene rings is 1. The Morgan fingerprint density at radius 3 is 2.64 bits per heavy atom. The molecule has 0 atom stereocenters. The predicted molar refractivity (Wildman–Crippen MR) is 58.5 cm³/mol. The molecule has 0 spiro atoms. The highest BCUT2D eigenvalue weighted by Crippen LogP contribution is 2.23. The highest BCUT2D eigenvalue weighted by molar-refractivity contribution is 6.28. The lowest BCUT2D eigenvalue weighted by atomic mass is 10.1. The Morgan fingerprint density at radius 2 is 2.07 bits per heavy atom. The van der Waals surface area contributed by atoms with Crippen LogP contribution in [0, 0.1) is 13.8 Å². The molecule has 1 heterocycles. The molecule has 0 aliphatic rings. The van der Waals surface area contributed by atoms with Gasteiger partial charge in [0.2, 0.25) is 5.28 Å². The molecule has 0 saturated heterocycles. The molecule has 1 N–H and O–H groups in total. The summed E-state index contributed by atoms with van der Waals surface area (Å²) in [6.45, 7) is 4.03. The van der Waals surface area contributed by atoms with E-state index in [4.69, 9.17) is 11.6 Å². The maximum absolute atomic E-state index is 5.79. The summed E-state index contributed by atoms with van der Waals surface area (Å²) in [7, 11) is 0. The largest absolute Gasteiger partial charge is 0.332 e. The summed E-state index contributed by atoms with van der Waals surface area (Å²) in [5.41, 5.74) is 4.26. The van der Waals surface area contributed by atoms with Gasteiger partial charge in [-0.3, -0.25) is 0 Å². The third-order valence-corrected chi connectivity index (χ3v) is 2.33. The monoisotopic (exact) mass is 206 g/mol. The lowest BCUT2D eigenvalue weighted by molar-refractivity contribution is 1.25. The smallest absolute Gasteiger partial charge is 0.200 e. The van der Waals surface area contributed by atoms with E-state index in [0.29, 0.717) is 5.28 Å². The molecule has 0 bridgehead atoms. The Hall–Kier alpha value is -1.28. The van der Waals surface area contributed by atoms with E-state index < -0.39 is 0 Å². The van der Waals surface area contributed by atoms with Gasteiger partial charge in [0, 0.05) is 11.3 Å². The molecule has 0 radical (unpaired) electrons. The van der Waals surface area contributed by atoms with E-state index in [0.717, 1.165) is 17.0 Å². The number of halogens is 1. The molecule has 1 aromatic carbocycles. The molecule has 2 rings (SSSR count). The molecule has 0 fully saturated rings. The first-order valence-corrected chi connectivity index (χ1v) is 4.84.